The van der Waals surface area contributed by atoms with Crippen molar-refractivity contribution in [1.29, 1.82) is 0 Å². The molecular formula is C20H23ClN2O3S. The minimum absolute atomic E-state index is 0.138. The van der Waals surface area contributed by atoms with Crippen molar-refractivity contribution in [3.63, 3.8) is 0 Å². The van der Waals surface area contributed by atoms with Crippen molar-refractivity contribution < 1.29 is 13.2 Å². The summed E-state index contributed by atoms with van der Waals surface area (Å²) in [7, 11) is -2.89. The van der Waals surface area contributed by atoms with Crippen LogP contribution in [-0.2, 0) is 21.8 Å². The van der Waals surface area contributed by atoms with E-state index in [0.717, 1.165) is 11.1 Å². The Labute approximate surface area is 165 Å². The summed E-state index contributed by atoms with van der Waals surface area (Å²) < 4.78 is 23.3. The smallest absolute Gasteiger partial charge is 0.319 e. The molecule has 0 atom stereocenters. The number of sulfone groups is 1. The Morgan fingerprint density at radius 3 is 2.22 bits per heavy atom. The second kappa shape index (κ2) is 7.90. The van der Waals surface area contributed by atoms with Crippen LogP contribution in [0, 0.1) is 0 Å². The van der Waals surface area contributed by atoms with Crippen molar-refractivity contribution >= 4 is 33.2 Å². The molecule has 0 aromatic heterocycles. The van der Waals surface area contributed by atoms with Crippen molar-refractivity contribution in [2.75, 3.05) is 16.8 Å². The molecule has 1 aliphatic heterocycles. The first-order valence-electron chi connectivity index (χ1n) is 8.86. The Morgan fingerprint density at radius 2 is 1.63 bits per heavy atom. The number of halogens is 1. The number of amides is 2. The van der Waals surface area contributed by atoms with Crippen LogP contribution in [0.3, 0.4) is 0 Å². The second-order valence-electron chi connectivity index (χ2n) is 7.22. The number of hydrogen-bond acceptors (Lipinski definition) is 3. The van der Waals surface area contributed by atoms with Crippen molar-refractivity contribution in [1.82, 2.24) is 5.32 Å². The van der Waals surface area contributed by atoms with Gasteiger partial charge in [0.1, 0.15) is 9.84 Å². The van der Waals surface area contributed by atoms with Gasteiger partial charge in [0.05, 0.1) is 11.5 Å². The fourth-order valence-electron chi connectivity index (χ4n) is 3.19. The Hall–Kier alpha value is -2.05. The van der Waals surface area contributed by atoms with E-state index in [1.54, 1.807) is 12.1 Å². The maximum absolute atomic E-state index is 12.1. The van der Waals surface area contributed by atoms with Crippen LogP contribution in [-0.4, -0.2) is 26.0 Å². The minimum Gasteiger partial charge on any atom is -0.334 e. The van der Waals surface area contributed by atoms with Crippen LogP contribution in [0.25, 0.3) is 0 Å². The summed E-state index contributed by atoms with van der Waals surface area (Å²) >= 11 is 5.84. The van der Waals surface area contributed by atoms with Gasteiger partial charge in [0, 0.05) is 17.3 Å². The summed E-state index contributed by atoms with van der Waals surface area (Å²) in [5.41, 5.74) is 2.62. The molecule has 0 aliphatic carbocycles. The quantitative estimate of drug-likeness (QED) is 0.801. The predicted octanol–water partition coefficient (Wildman–Crippen LogP) is 4.13. The van der Waals surface area contributed by atoms with E-state index in [9.17, 15) is 13.2 Å². The Balaban J connectivity index is 1.55. The van der Waals surface area contributed by atoms with E-state index < -0.39 is 9.84 Å². The van der Waals surface area contributed by atoms with Gasteiger partial charge in [0.2, 0.25) is 0 Å². The highest BCUT2D eigenvalue weighted by atomic mass is 35.5. The van der Waals surface area contributed by atoms with Gasteiger partial charge in [-0.3, -0.25) is 0 Å². The predicted molar refractivity (Wildman–Crippen MR) is 109 cm³/mol. The molecule has 1 fully saturated rings. The average molecular weight is 407 g/mol. The number of carbonyl (C=O) groups is 1. The second-order valence-corrected chi connectivity index (χ2v) is 9.96. The molecule has 1 saturated heterocycles. The van der Waals surface area contributed by atoms with Gasteiger partial charge in [-0.1, -0.05) is 42.8 Å². The largest absolute Gasteiger partial charge is 0.334 e. The molecule has 0 saturated carbocycles. The lowest BCUT2D eigenvalue weighted by atomic mass is 9.77. The summed E-state index contributed by atoms with van der Waals surface area (Å²) in [4.78, 5) is 12.1. The number of hydrogen-bond donors (Lipinski definition) is 2. The lowest BCUT2D eigenvalue weighted by Gasteiger charge is -2.34. The molecule has 2 aromatic rings. The van der Waals surface area contributed by atoms with Crippen LogP contribution in [0.15, 0.2) is 48.5 Å². The van der Waals surface area contributed by atoms with Gasteiger partial charge in [-0.05, 0) is 53.6 Å². The van der Waals surface area contributed by atoms with Crippen LogP contribution in [0.2, 0.25) is 5.02 Å². The molecule has 2 amide bonds. The third-order valence-corrected chi connectivity index (χ3v) is 7.04. The topological polar surface area (TPSA) is 75.3 Å². The van der Waals surface area contributed by atoms with Gasteiger partial charge in [0.15, 0.2) is 0 Å². The van der Waals surface area contributed by atoms with Crippen molar-refractivity contribution in [2.45, 2.75) is 31.7 Å². The molecule has 7 heteroatoms. The molecule has 1 aliphatic rings. The van der Waals surface area contributed by atoms with Crippen LogP contribution in [0.1, 0.15) is 30.9 Å². The fourth-order valence-corrected chi connectivity index (χ4v) is 5.05. The summed E-state index contributed by atoms with van der Waals surface area (Å²) in [5.74, 6) is 0.465. The summed E-state index contributed by atoms with van der Waals surface area (Å²) in [6.07, 6.45) is 1.26. The van der Waals surface area contributed by atoms with E-state index in [1.165, 1.54) is 0 Å². The zero-order valence-corrected chi connectivity index (χ0v) is 16.7. The Bertz CT molecular complexity index is 895. The maximum atomic E-state index is 12.1. The third kappa shape index (κ3) is 5.23. The molecule has 0 radical (unpaired) electrons. The van der Waals surface area contributed by atoms with E-state index >= 15 is 0 Å². The first-order chi connectivity index (χ1) is 12.8. The van der Waals surface area contributed by atoms with Gasteiger partial charge < -0.3 is 10.6 Å². The number of benzene rings is 2. The molecule has 27 heavy (non-hydrogen) atoms. The van der Waals surface area contributed by atoms with Crippen molar-refractivity contribution in [2.24, 2.45) is 0 Å². The number of urea groups is 1. The number of nitrogens with one attached hydrogen (secondary N) is 2. The standard InChI is InChI=1S/C20H23ClN2O3S/c1-20(10-12-27(25,26)13-11-20)16-4-8-18(9-5-16)23-19(24)22-14-15-2-6-17(21)7-3-15/h2-9H,10-14H2,1H3,(H2,22,23,24). The molecule has 144 valence electrons. The van der Waals surface area contributed by atoms with E-state index in [0.29, 0.717) is 30.1 Å². The highest BCUT2D eigenvalue weighted by Gasteiger charge is 2.34. The van der Waals surface area contributed by atoms with Crippen LogP contribution in [0.4, 0.5) is 10.5 Å². The van der Waals surface area contributed by atoms with Gasteiger partial charge in [-0.2, -0.15) is 0 Å². The molecule has 2 N–H and O–H groups in total. The number of anilines is 1. The lowest BCUT2D eigenvalue weighted by molar-refractivity contribution is 0.251. The molecular weight excluding hydrogens is 384 g/mol. The summed E-state index contributed by atoms with van der Waals surface area (Å²) in [5, 5.41) is 6.27. The molecule has 0 spiro atoms. The van der Waals surface area contributed by atoms with E-state index in [2.05, 4.69) is 17.6 Å². The zero-order chi connectivity index (χ0) is 19.5. The van der Waals surface area contributed by atoms with Crippen LogP contribution >= 0.6 is 11.6 Å². The molecule has 0 bridgehead atoms. The van der Waals surface area contributed by atoms with Crippen molar-refractivity contribution in [3.8, 4) is 0 Å². The Morgan fingerprint density at radius 1 is 1.04 bits per heavy atom. The molecule has 3 rings (SSSR count). The lowest BCUT2D eigenvalue weighted by Crippen LogP contribution is -2.34. The molecule has 2 aromatic carbocycles. The summed E-state index contributed by atoms with van der Waals surface area (Å²) in [6, 6.07) is 14.6. The van der Waals surface area contributed by atoms with Gasteiger partial charge >= 0.3 is 6.03 Å². The number of rotatable bonds is 4. The van der Waals surface area contributed by atoms with Gasteiger partial charge in [-0.15, -0.1) is 0 Å². The highest BCUT2D eigenvalue weighted by molar-refractivity contribution is 7.91. The first kappa shape index (κ1) is 19.7. The maximum Gasteiger partial charge on any atom is 0.319 e. The fraction of sp³-hybridized carbons (Fsp3) is 0.350. The highest BCUT2D eigenvalue weighted by Crippen LogP contribution is 2.36. The van der Waals surface area contributed by atoms with Gasteiger partial charge in [-0.25, -0.2) is 13.2 Å². The summed E-state index contributed by atoms with van der Waals surface area (Å²) in [6.45, 7) is 2.51. The minimum atomic E-state index is -2.89. The van der Waals surface area contributed by atoms with E-state index in [-0.39, 0.29) is 23.0 Å². The zero-order valence-electron chi connectivity index (χ0n) is 15.2. The average Bonchev–Trinajstić information content (AvgIpc) is 2.65. The molecule has 0 unspecified atom stereocenters. The Kier molecular flexibility index (Phi) is 5.77. The number of carbonyl (C=O) groups excluding carboxylic acids is 1. The monoisotopic (exact) mass is 406 g/mol. The van der Waals surface area contributed by atoms with E-state index in [4.69, 9.17) is 11.6 Å². The molecule has 5 nitrogen and oxygen atoms in total. The third-order valence-electron chi connectivity index (χ3n) is 5.14. The SMILES string of the molecule is CC1(c2ccc(NC(=O)NCc3ccc(Cl)cc3)cc2)CCS(=O)(=O)CC1. The van der Waals surface area contributed by atoms with E-state index in [1.807, 2.05) is 36.4 Å². The first-order valence-corrected chi connectivity index (χ1v) is 11.1. The normalized spacial score (nSPS) is 17.9. The van der Waals surface area contributed by atoms with Gasteiger partial charge in [0.25, 0.3) is 0 Å². The van der Waals surface area contributed by atoms with Crippen LogP contribution < -0.4 is 10.6 Å². The van der Waals surface area contributed by atoms with Crippen molar-refractivity contribution in [3.05, 3.63) is 64.7 Å². The molecule has 1 heterocycles. The van der Waals surface area contributed by atoms with Crippen LogP contribution in [0.5, 0.6) is 0 Å².